The summed E-state index contributed by atoms with van der Waals surface area (Å²) in [5.74, 6) is -0.660. The van der Waals surface area contributed by atoms with E-state index in [2.05, 4.69) is 15.6 Å². The largest absolute Gasteiger partial charge is 0.382 e. The van der Waals surface area contributed by atoms with Crippen LogP contribution in [0.15, 0.2) is 72.9 Å². The van der Waals surface area contributed by atoms with Crippen molar-refractivity contribution in [3.05, 3.63) is 95.4 Å². The molecule has 1 aromatic heterocycles. The van der Waals surface area contributed by atoms with Gasteiger partial charge in [0.25, 0.3) is 5.91 Å². The molecule has 3 aromatic rings. The predicted octanol–water partition coefficient (Wildman–Crippen LogP) is 3.38. The minimum atomic E-state index is -0.326. The SMILES string of the molecule is Nc1ncccc1NC(=O)c1ccc(CNC(=O)/C=C/c2ccc(F)cc2)cc1. The highest BCUT2D eigenvalue weighted by Gasteiger charge is 2.08. The van der Waals surface area contributed by atoms with Crippen molar-refractivity contribution in [2.24, 2.45) is 0 Å². The molecule has 0 unspecified atom stereocenters. The average Bonchev–Trinajstić information content (AvgIpc) is 2.74. The highest BCUT2D eigenvalue weighted by atomic mass is 19.1. The molecule has 0 aliphatic carbocycles. The number of hydrogen-bond donors (Lipinski definition) is 3. The topological polar surface area (TPSA) is 97.1 Å². The fourth-order valence-electron chi connectivity index (χ4n) is 2.49. The summed E-state index contributed by atoms with van der Waals surface area (Å²) in [6, 6.07) is 16.0. The zero-order chi connectivity index (χ0) is 20.6. The van der Waals surface area contributed by atoms with Crippen LogP contribution < -0.4 is 16.4 Å². The summed E-state index contributed by atoms with van der Waals surface area (Å²) < 4.78 is 12.9. The number of nitrogen functional groups attached to an aromatic ring is 1. The van der Waals surface area contributed by atoms with Gasteiger partial charge >= 0.3 is 0 Å². The molecular formula is C22H19FN4O2. The zero-order valence-electron chi connectivity index (χ0n) is 15.4. The number of nitrogens with two attached hydrogens (primary N) is 1. The summed E-state index contributed by atoms with van der Waals surface area (Å²) >= 11 is 0. The summed E-state index contributed by atoms with van der Waals surface area (Å²) in [6.45, 7) is 0.310. The number of anilines is 2. The van der Waals surface area contributed by atoms with E-state index in [-0.39, 0.29) is 23.4 Å². The number of aromatic nitrogens is 1. The van der Waals surface area contributed by atoms with E-state index in [1.807, 2.05) is 0 Å². The van der Waals surface area contributed by atoms with Gasteiger partial charge in [-0.2, -0.15) is 0 Å². The molecular weight excluding hydrogens is 371 g/mol. The first-order valence-corrected chi connectivity index (χ1v) is 8.83. The highest BCUT2D eigenvalue weighted by molar-refractivity contribution is 6.05. The van der Waals surface area contributed by atoms with Crippen molar-refractivity contribution in [2.75, 3.05) is 11.1 Å². The van der Waals surface area contributed by atoms with Gasteiger partial charge in [0.2, 0.25) is 5.91 Å². The van der Waals surface area contributed by atoms with E-state index in [9.17, 15) is 14.0 Å². The van der Waals surface area contributed by atoms with Gasteiger partial charge in [-0.15, -0.1) is 0 Å². The monoisotopic (exact) mass is 390 g/mol. The molecule has 146 valence electrons. The Morgan fingerprint density at radius 3 is 2.45 bits per heavy atom. The van der Waals surface area contributed by atoms with Crippen molar-refractivity contribution in [2.45, 2.75) is 6.54 Å². The Morgan fingerprint density at radius 1 is 1.03 bits per heavy atom. The molecule has 0 aliphatic heterocycles. The number of carbonyl (C=O) groups is 2. The minimum absolute atomic E-state index is 0.244. The van der Waals surface area contributed by atoms with Crippen molar-refractivity contribution >= 4 is 29.4 Å². The normalized spacial score (nSPS) is 10.7. The minimum Gasteiger partial charge on any atom is -0.382 e. The van der Waals surface area contributed by atoms with Crippen molar-refractivity contribution in [3.8, 4) is 0 Å². The second kappa shape index (κ2) is 9.27. The molecule has 0 radical (unpaired) electrons. The fraction of sp³-hybridized carbons (Fsp3) is 0.0455. The number of nitrogens with zero attached hydrogens (tertiary/aromatic N) is 1. The molecule has 7 heteroatoms. The zero-order valence-corrected chi connectivity index (χ0v) is 15.4. The maximum absolute atomic E-state index is 12.9. The van der Waals surface area contributed by atoms with Crippen LogP contribution in [0.25, 0.3) is 6.08 Å². The van der Waals surface area contributed by atoms with Gasteiger partial charge in [0, 0.05) is 24.4 Å². The molecule has 0 fully saturated rings. The third kappa shape index (κ3) is 5.74. The van der Waals surface area contributed by atoms with Gasteiger partial charge in [-0.3, -0.25) is 9.59 Å². The molecule has 1 heterocycles. The first-order valence-electron chi connectivity index (χ1n) is 8.83. The summed E-state index contributed by atoms with van der Waals surface area (Å²) in [7, 11) is 0. The number of pyridine rings is 1. The van der Waals surface area contributed by atoms with Crippen LogP contribution in [0.5, 0.6) is 0 Å². The molecule has 2 aromatic carbocycles. The Bertz CT molecular complexity index is 1030. The smallest absolute Gasteiger partial charge is 0.255 e. The Hall–Kier alpha value is -4.00. The molecule has 6 nitrogen and oxygen atoms in total. The summed E-state index contributed by atoms with van der Waals surface area (Å²) in [5, 5.41) is 5.45. The molecule has 0 aliphatic rings. The van der Waals surface area contributed by atoms with Crippen LogP contribution in [0.3, 0.4) is 0 Å². The Kier molecular flexibility index (Phi) is 6.32. The van der Waals surface area contributed by atoms with E-state index in [1.54, 1.807) is 60.8 Å². The van der Waals surface area contributed by atoms with Gasteiger partial charge < -0.3 is 16.4 Å². The lowest BCUT2D eigenvalue weighted by molar-refractivity contribution is -0.116. The van der Waals surface area contributed by atoms with Gasteiger partial charge in [0.05, 0.1) is 5.69 Å². The van der Waals surface area contributed by atoms with E-state index in [1.165, 1.54) is 18.2 Å². The number of amides is 2. The number of hydrogen-bond acceptors (Lipinski definition) is 4. The molecule has 0 spiro atoms. The number of nitrogens with one attached hydrogen (secondary N) is 2. The van der Waals surface area contributed by atoms with Crippen LogP contribution in [-0.4, -0.2) is 16.8 Å². The Morgan fingerprint density at radius 2 is 1.76 bits per heavy atom. The predicted molar refractivity (Wildman–Crippen MR) is 110 cm³/mol. The quantitative estimate of drug-likeness (QED) is 0.562. The number of carbonyl (C=O) groups excluding carboxylic acids is 2. The second-order valence-electron chi connectivity index (χ2n) is 6.19. The second-order valence-corrected chi connectivity index (χ2v) is 6.19. The van der Waals surface area contributed by atoms with E-state index >= 15 is 0 Å². The Labute approximate surface area is 167 Å². The number of rotatable bonds is 6. The van der Waals surface area contributed by atoms with Gasteiger partial charge in [-0.25, -0.2) is 9.37 Å². The number of benzene rings is 2. The van der Waals surface area contributed by atoms with E-state index in [4.69, 9.17) is 5.73 Å². The van der Waals surface area contributed by atoms with Crippen molar-refractivity contribution < 1.29 is 14.0 Å². The van der Waals surface area contributed by atoms with Gasteiger partial charge in [0.15, 0.2) is 0 Å². The van der Waals surface area contributed by atoms with Crippen LogP contribution in [0.1, 0.15) is 21.5 Å². The molecule has 2 amide bonds. The average molecular weight is 390 g/mol. The van der Waals surface area contributed by atoms with Crippen molar-refractivity contribution in [3.63, 3.8) is 0 Å². The summed E-state index contributed by atoms with van der Waals surface area (Å²) in [5.41, 5.74) is 8.19. The van der Waals surface area contributed by atoms with Crippen LogP contribution >= 0.6 is 0 Å². The maximum atomic E-state index is 12.9. The van der Waals surface area contributed by atoms with E-state index < -0.39 is 0 Å². The lowest BCUT2D eigenvalue weighted by atomic mass is 10.1. The maximum Gasteiger partial charge on any atom is 0.255 e. The summed E-state index contributed by atoms with van der Waals surface area (Å²) in [6.07, 6.45) is 4.53. The van der Waals surface area contributed by atoms with E-state index in [0.717, 1.165) is 11.1 Å². The highest BCUT2D eigenvalue weighted by Crippen LogP contribution is 2.15. The molecule has 0 saturated carbocycles. The van der Waals surface area contributed by atoms with Crippen molar-refractivity contribution in [1.82, 2.24) is 10.3 Å². The molecule has 3 rings (SSSR count). The molecule has 29 heavy (non-hydrogen) atoms. The molecule has 0 bridgehead atoms. The lowest BCUT2D eigenvalue weighted by Gasteiger charge is -2.08. The van der Waals surface area contributed by atoms with E-state index in [0.29, 0.717) is 17.8 Å². The fourth-order valence-corrected chi connectivity index (χ4v) is 2.49. The van der Waals surface area contributed by atoms with Crippen LogP contribution in [0, 0.1) is 5.82 Å². The van der Waals surface area contributed by atoms with Crippen molar-refractivity contribution in [1.29, 1.82) is 0 Å². The molecule has 0 atom stereocenters. The number of halogens is 1. The first kappa shape index (κ1) is 19.8. The van der Waals surface area contributed by atoms with Crippen LogP contribution in [0.4, 0.5) is 15.9 Å². The van der Waals surface area contributed by atoms with Gasteiger partial charge in [0.1, 0.15) is 11.6 Å². The lowest BCUT2D eigenvalue weighted by Crippen LogP contribution is -2.20. The van der Waals surface area contributed by atoms with Gasteiger partial charge in [-0.05, 0) is 53.6 Å². The third-order valence-corrected chi connectivity index (χ3v) is 4.07. The Balaban J connectivity index is 1.52. The molecule has 0 saturated heterocycles. The van der Waals surface area contributed by atoms with Crippen LogP contribution in [0.2, 0.25) is 0 Å². The molecule has 4 N–H and O–H groups in total. The standard InChI is InChI=1S/C22H19FN4O2/c23-18-10-5-15(6-11-18)7-12-20(28)26-14-16-3-8-17(9-4-16)22(29)27-19-2-1-13-25-21(19)24/h1-13H,14H2,(H2,24,25)(H,26,28)(H,27,29)/b12-7+. The first-order chi connectivity index (χ1) is 14.0. The third-order valence-electron chi connectivity index (χ3n) is 4.07. The van der Waals surface area contributed by atoms with Gasteiger partial charge in [-0.1, -0.05) is 24.3 Å². The summed E-state index contributed by atoms with van der Waals surface area (Å²) in [4.78, 5) is 28.1. The van der Waals surface area contributed by atoms with Crippen LogP contribution in [-0.2, 0) is 11.3 Å².